The van der Waals surface area contributed by atoms with Gasteiger partial charge in [0, 0.05) is 19.4 Å². The van der Waals surface area contributed by atoms with Gasteiger partial charge in [-0.1, -0.05) is 133 Å². The van der Waals surface area contributed by atoms with Crippen molar-refractivity contribution in [3.63, 3.8) is 0 Å². The molecule has 4 aromatic carbocycles. The molecule has 8 fully saturated rings. The number of hydrogen-bond acceptors (Lipinski definition) is 41. The van der Waals surface area contributed by atoms with Crippen molar-refractivity contribution in [1.82, 2.24) is 9.55 Å². The Morgan fingerprint density at radius 2 is 0.909 bits per heavy atom. The molecule has 8 aliphatic rings. The van der Waals surface area contributed by atoms with Gasteiger partial charge in [0.2, 0.25) is 20.4 Å². The van der Waals surface area contributed by atoms with Crippen LogP contribution in [0.3, 0.4) is 0 Å². The fraction of sp³-hybridized carbons (Fsp3) is 0.522. The smallest absolute Gasteiger partial charge is 0.790 e. The summed E-state index contributed by atoms with van der Waals surface area (Å²) in [6.45, 7) is 0.877. The summed E-state index contributed by atoms with van der Waals surface area (Å²) in [5.74, 6) is 0. The molecule has 6 atom stereocenters. The summed E-state index contributed by atoms with van der Waals surface area (Å²) < 4.78 is 175. The van der Waals surface area contributed by atoms with E-state index in [1.165, 1.54) is 13.3 Å². The SMILES string of the molecule is COC1O[C@@H]2[C@](CO)(CF)O[C@@H](n3ccc(=O)[nH]c3=O)[C@]2(C)O1.O=C(OCCl)OC1COC1.O=C(OCI)OC1COC1.O=C(OCOP(=O)(O)OCc1ccccc1)OC1COC1.O=C(OCOP(=O)(OCOC(=O)OC1COC1)OCc1ccccc1)OC1COC1.O=P([O-])([O-])OCc1ccccc1.OC1COC1.OCc1ccccc1.[Ag+].[Ag+]. The van der Waals surface area contributed by atoms with Crippen molar-refractivity contribution in [3.05, 3.63) is 177 Å². The molecular weight excluding hydrogens is 2020 g/mol. The summed E-state index contributed by atoms with van der Waals surface area (Å²) in [6, 6.07) is 36.7. The van der Waals surface area contributed by atoms with Gasteiger partial charge in [-0.05, 0) is 51.8 Å². The van der Waals surface area contributed by atoms with Gasteiger partial charge in [0.15, 0.2) is 48.4 Å². The number of fused-ring (bicyclic) bond motifs is 1. The normalized spacial score (nSPS) is 20.5. The standard InChI is InChI=1S/C17H21O12P.C13H17FN2O7.C12H15O8P.C7H9O4P.C7H8O.C5H7ClO4.C5H7IO4.C3H6O2.2Ag/c18-16(28-14-7-21-8-14)23-11-26-30(20,25-6-13-4-2-1-3-5-13)27-12-24-17(19)29-15-9-22-10-15;1-12-8(21-11(20-2)23-12)13(5-14,6-17)22-9(12)16-4-3-7(18)15-10(16)19;13-12(20-11-7-16-8-11)17-9-19-21(14,15)18-6-10-4-2-1-3-5-10;8-12(9,10)11-6-7-4-2-1-3-5-7;8-6-7-4-2-1-3-5-7;2*6-3-9-5(7)10-4-1-8-2-4;4-3-1-5-2-3;;/h1-5,14-15H,6-12H2;3-4,8-9,11,17H,5-6H2,1-2H3,(H,15,18,19);1-5,11H,6-9H2,(H,14,15);1-5H,6H2,(H2,8,9,10);1-5,8H,6H2;2*4H,1-3H2;3-4H,1-2H2;;/q;;;;;;;;2*+1/p-2/t;8-,9+,11?,12+,13+;;;;;;;;/m.0......../s1. The van der Waals surface area contributed by atoms with E-state index in [1.54, 1.807) is 91.9 Å². The molecule has 2 unspecified atom stereocenters. The van der Waals surface area contributed by atoms with E-state index in [2.05, 4.69) is 47.2 Å². The second-order valence-corrected chi connectivity index (χ2v) is 29.6. The number of phosphoric acid groups is 3. The Kier molecular flexibility index (Phi) is 51.3. The molecule has 684 valence electrons. The van der Waals surface area contributed by atoms with Crippen LogP contribution < -0.4 is 21.0 Å². The predicted octanol–water partition coefficient (Wildman–Crippen LogP) is 5.31. The minimum Gasteiger partial charge on any atom is -0.790 e. The van der Waals surface area contributed by atoms with Crippen LogP contribution in [0.5, 0.6) is 0 Å². The molecule has 8 aliphatic heterocycles. The van der Waals surface area contributed by atoms with Crippen LogP contribution in [0, 0.1) is 0 Å². The van der Waals surface area contributed by atoms with Gasteiger partial charge < -0.3 is 134 Å². The van der Waals surface area contributed by atoms with Gasteiger partial charge in [-0.3, -0.25) is 23.4 Å². The number of nitrogens with zero attached hydrogens (tertiary/aromatic N) is 1. The molecule has 0 spiro atoms. The number of alkyl halides is 3. The average Bonchev–Trinajstić information content (AvgIpc) is 1.55. The van der Waals surface area contributed by atoms with Crippen molar-refractivity contribution in [1.29, 1.82) is 0 Å². The number of aromatic amines is 1. The van der Waals surface area contributed by atoms with Crippen molar-refractivity contribution < 1.29 is 239 Å². The first-order valence-electron chi connectivity index (χ1n) is 35.1. The number of rotatable bonds is 30. The summed E-state index contributed by atoms with van der Waals surface area (Å²) in [6.07, 6.45) is -6.83. The molecule has 0 saturated carbocycles. The van der Waals surface area contributed by atoms with Gasteiger partial charge >= 0.3 is 96.9 Å². The van der Waals surface area contributed by atoms with E-state index < -0.39 is 141 Å². The van der Waals surface area contributed by atoms with Crippen molar-refractivity contribution >= 4 is 88.4 Å². The van der Waals surface area contributed by atoms with Crippen LogP contribution in [0.1, 0.15) is 35.4 Å². The Labute approximate surface area is 739 Å². The average molecular weight is 2110 g/mol. The van der Waals surface area contributed by atoms with E-state index in [4.69, 9.17) is 101 Å². The molecule has 0 aliphatic carbocycles. The van der Waals surface area contributed by atoms with E-state index in [0.29, 0.717) is 74.2 Å². The van der Waals surface area contributed by atoms with Crippen LogP contribution in [0.25, 0.3) is 0 Å². The minimum absolute atomic E-state index is 0. The topological polar surface area (TPSA) is 558 Å². The van der Waals surface area contributed by atoms with E-state index in [0.717, 1.165) is 16.2 Å². The number of aliphatic hydroxyl groups is 3. The molecular formula is C69H88Ag2ClFIN2O42P3. The number of aromatic nitrogens is 2. The molecule has 0 amide bonds. The molecule has 5 aromatic rings. The Morgan fingerprint density at radius 3 is 1.22 bits per heavy atom. The van der Waals surface area contributed by atoms with Crippen LogP contribution >= 0.6 is 57.7 Å². The number of nitrogens with one attached hydrogen (secondary N) is 1. The van der Waals surface area contributed by atoms with Crippen LogP contribution in [-0.2, 0) is 207 Å². The first-order chi connectivity index (χ1) is 57.0. The monoisotopic (exact) mass is 2100 g/mol. The fourth-order valence-corrected chi connectivity index (χ4v) is 11.1. The number of benzene rings is 4. The molecule has 0 radical (unpaired) electrons. The Hall–Kier alpha value is -5.85. The number of halogens is 3. The molecule has 9 heterocycles. The number of aliphatic hydroxyl groups excluding tert-OH is 3. The third-order valence-corrected chi connectivity index (χ3v) is 18.5. The number of carbonyl (C=O) groups is 5. The van der Waals surface area contributed by atoms with Gasteiger partial charge in [-0.2, -0.15) is 0 Å². The van der Waals surface area contributed by atoms with Gasteiger partial charge in [0.05, 0.1) is 120 Å². The zero-order valence-electron chi connectivity index (χ0n) is 64.0. The second-order valence-electron chi connectivity index (χ2n) is 24.5. The summed E-state index contributed by atoms with van der Waals surface area (Å²) >= 11 is 7.01. The van der Waals surface area contributed by atoms with Crippen LogP contribution in [-0.4, -0.2) is 252 Å². The van der Waals surface area contributed by atoms with E-state index >= 15 is 0 Å². The van der Waals surface area contributed by atoms with Crippen LogP contribution in [0.15, 0.2) is 143 Å². The molecule has 121 heavy (non-hydrogen) atoms. The Morgan fingerprint density at radius 1 is 0.545 bits per heavy atom. The molecule has 0 bridgehead atoms. The number of hydrogen-bond donors (Lipinski definition) is 5. The van der Waals surface area contributed by atoms with Crippen molar-refractivity contribution in [3.8, 4) is 0 Å². The van der Waals surface area contributed by atoms with Gasteiger partial charge in [0.1, 0.15) is 29.1 Å². The Bertz CT molecular complexity index is 3980. The Balaban J connectivity index is 0.000000305. The maximum atomic E-state index is 13.6. The summed E-state index contributed by atoms with van der Waals surface area (Å²) in [4.78, 5) is 110. The second kappa shape index (κ2) is 57.7. The quantitative estimate of drug-likeness (QED) is 0.00739. The van der Waals surface area contributed by atoms with Crippen molar-refractivity contribution in [2.45, 2.75) is 100.0 Å². The predicted molar refractivity (Wildman–Crippen MR) is 399 cm³/mol. The van der Waals surface area contributed by atoms with Crippen molar-refractivity contribution in [2.24, 2.45) is 0 Å². The number of H-pyrrole nitrogens is 1. The molecule has 44 nitrogen and oxygen atoms in total. The summed E-state index contributed by atoms with van der Waals surface area (Å²) in [5, 5.41) is 26.5. The zero-order valence-corrected chi connectivity index (χ0v) is 72.6. The number of methoxy groups -OCH3 is 1. The third-order valence-electron chi connectivity index (χ3n) is 15.4. The molecule has 5 N–H and O–H groups in total. The van der Waals surface area contributed by atoms with Gasteiger partial charge in [-0.15, -0.1) is 0 Å². The largest absolute Gasteiger partial charge is 1.00 e. The van der Waals surface area contributed by atoms with Gasteiger partial charge in [-0.25, -0.2) is 55.9 Å². The summed E-state index contributed by atoms with van der Waals surface area (Å²) in [5.41, 5.74) is -1.33. The maximum Gasteiger partial charge on any atom is 1.00 e. The molecule has 52 heteroatoms. The first-order valence-corrected chi connectivity index (χ1v) is 41.6. The molecule has 13 rings (SSSR count). The van der Waals surface area contributed by atoms with Crippen LogP contribution in [0.2, 0.25) is 0 Å². The van der Waals surface area contributed by atoms with E-state index in [1.807, 2.05) is 59.0 Å². The molecule has 8 saturated heterocycles. The summed E-state index contributed by atoms with van der Waals surface area (Å²) in [7, 11) is -12.1. The minimum atomic E-state index is -4.83. The van der Waals surface area contributed by atoms with E-state index in [9.17, 15) is 71.4 Å². The number of phosphoric ester groups is 3. The first kappa shape index (κ1) is 107. The van der Waals surface area contributed by atoms with E-state index in [-0.39, 0.29) is 128 Å². The number of ether oxygens (including phenoxy) is 20. The van der Waals surface area contributed by atoms with Gasteiger partial charge in [0.25, 0.3) is 12.0 Å². The van der Waals surface area contributed by atoms with Crippen molar-refractivity contribution in [2.75, 3.05) is 131 Å². The van der Waals surface area contributed by atoms with Crippen LogP contribution in [0.4, 0.5) is 28.4 Å². The maximum absolute atomic E-state index is 13.6. The zero-order chi connectivity index (χ0) is 86.5. The third kappa shape index (κ3) is 41.4. The number of carbonyl (C=O) groups excluding carboxylic acids is 5. The fourth-order valence-electron chi connectivity index (χ4n) is 9.00. The molecule has 1 aromatic heterocycles.